The molecule has 0 unspecified atom stereocenters. The minimum Gasteiger partial charge on any atom is -0.494 e. The lowest BCUT2D eigenvalue weighted by Crippen LogP contribution is -2.15. The van der Waals surface area contributed by atoms with Crippen molar-refractivity contribution in [3.05, 3.63) is 60.3 Å². The van der Waals surface area contributed by atoms with Gasteiger partial charge in [0.05, 0.1) is 6.61 Å². The second-order valence-electron chi connectivity index (χ2n) is 6.16. The summed E-state index contributed by atoms with van der Waals surface area (Å²) in [6.45, 7) is 2.51. The Bertz CT molecular complexity index is 1170. The number of aromatic nitrogens is 4. The molecule has 4 aromatic rings. The molecule has 0 aliphatic carbocycles. The second-order valence-corrected chi connectivity index (χ2v) is 6.93. The van der Waals surface area contributed by atoms with Crippen LogP contribution in [0.1, 0.15) is 17.4 Å². The van der Waals surface area contributed by atoms with Gasteiger partial charge in [0.15, 0.2) is 22.3 Å². The fourth-order valence-electron chi connectivity index (χ4n) is 3.05. The maximum absolute atomic E-state index is 12.1. The van der Waals surface area contributed by atoms with Crippen LogP contribution >= 0.6 is 11.8 Å². The molecule has 0 bridgehead atoms. The van der Waals surface area contributed by atoms with Crippen molar-refractivity contribution in [1.29, 1.82) is 0 Å². The molecular formula is C21H19N5O2S. The molecule has 8 heteroatoms. The first-order valence-corrected chi connectivity index (χ1v) is 10.3. The Morgan fingerprint density at radius 2 is 1.79 bits per heavy atom. The number of ether oxygens (including phenoxy) is 1. The van der Waals surface area contributed by atoms with Crippen molar-refractivity contribution in [2.24, 2.45) is 5.73 Å². The molecule has 0 aliphatic rings. The van der Waals surface area contributed by atoms with Crippen molar-refractivity contribution in [3.63, 3.8) is 0 Å². The number of thioether (sulfide) groups is 1. The summed E-state index contributed by atoms with van der Waals surface area (Å²) in [5.41, 5.74) is 8.30. The fourth-order valence-corrected chi connectivity index (χ4v) is 3.61. The van der Waals surface area contributed by atoms with Gasteiger partial charge < -0.3 is 10.5 Å². The van der Waals surface area contributed by atoms with Gasteiger partial charge in [-0.1, -0.05) is 30.0 Å². The Morgan fingerprint density at radius 1 is 1.07 bits per heavy atom. The summed E-state index contributed by atoms with van der Waals surface area (Å²) in [6.07, 6.45) is 1.92. The number of nitrogens with two attached hydrogens (primary N) is 1. The van der Waals surface area contributed by atoms with E-state index in [0.29, 0.717) is 28.8 Å². The number of fused-ring (bicyclic) bond motifs is 1. The third-order valence-electron chi connectivity index (χ3n) is 4.33. The summed E-state index contributed by atoms with van der Waals surface area (Å²) in [4.78, 5) is 25.9. The predicted molar refractivity (Wildman–Crippen MR) is 114 cm³/mol. The predicted octanol–water partition coefficient (Wildman–Crippen LogP) is 3.70. The molecule has 0 saturated heterocycles. The van der Waals surface area contributed by atoms with Gasteiger partial charge >= 0.3 is 0 Å². The van der Waals surface area contributed by atoms with Crippen LogP contribution in [0.25, 0.3) is 28.2 Å². The third kappa shape index (κ3) is 3.54. The van der Waals surface area contributed by atoms with E-state index in [4.69, 9.17) is 15.5 Å². The summed E-state index contributed by atoms with van der Waals surface area (Å²) in [7, 11) is 0. The molecule has 1 amide bonds. The minimum absolute atomic E-state index is 0.101. The van der Waals surface area contributed by atoms with Crippen molar-refractivity contribution in [3.8, 4) is 22.8 Å². The van der Waals surface area contributed by atoms with E-state index in [1.165, 1.54) is 11.8 Å². The number of imidazole rings is 1. The first kappa shape index (κ1) is 18.9. The monoisotopic (exact) mass is 405 g/mol. The van der Waals surface area contributed by atoms with E-state index in [9.17, 15) is 4.79 Å². The number of amides is 1. The molecule has 0 atom stereocenters. The van der Waals surface area contributed by atoms with Crippen molar-refractivity contribution < 1.29 is 9.53 Å². The number of hydrogen-bond donors (Lipinski definition) is 1. The molecule has 146 valence electrons. The molecule has 0 aliphatic heterocycles. The zero-order chi connectivity index (χ0) is 20.4. The van der Waals surface area contributed by atoms with E-state index in [1.807, 2.05) is 72.3 Å². The Labute approximate surface area is 172 Å². The van der Waals surface area contributed by atoms with Gasteiger partial charge in [0.1, 0.15) is 11.3 Å². The first-order valence-electron chi connectivity index (χ1n) is 9.05. The van der Waals surface area contributed by atoms with Gasteiger partial charge in [-0.15, -0.1) is 0 Å². The summed E-state index contributed by atoms with van der Waals surface area (Å²) in [5, 5.41) is 0.701. The van der Waals surface area contributed by atoms with Crippen LogP contribution in [0, 0.1) is 0 Å². The SMILES string of the molecule is CCOc1ccc(-c2nc(C(N)=O)c3nc(SC)n(-c4ccccc4)c3n2)cc1. The average molecular weight is 405 g/mol. The van der Waals surface area contributed by atoms with Gasteiger partial charge in [-0.2, -0.15) is 0 Å². The number of primary amides is 1. The van der Waals surface area contributed by atoms with Crippen molar-refractivity contribution in [2.45, 2.75) is 12.1 Å². The Kier molecular flexibility index (Phi) is 5.18. The fraction of sp³-hybridized carbons (Fsp3) is 0.143. The van der Waals surface area contributed by atoms with Crippen LogP contribution in [0.4, 0.5) is 0 Å². The van der Waals surface area contributed by atoms with Gasteiger partial charge in [0.25, 0.3) is 5.91 Å². The van der Waals surface area contributed by atoms with E-state index in [2.05, 4.69) is 9.97 Å². The van der Waals surface area contributed by atoms with Gasteiger partial charge in [0, 0.05) is 11.3 Å². The quantitative estimate of drug-likeness (QED) is 0.491. The van der Waals surface area contributed by atoms with Crippen molar-refractivity contribution in [2.75, 3.05) is 12.9 Å². The maximum Gasteiger partial charge on any atom is 0.269 e. The first-order chi connectivity index (χ1) is 14.1. The lowest BCUT2D eigenvalue weighted by molar-refractivity contribution is 0.0997. The summed E-state index contributed by atoms with van der Waals surface area (Å²) in [5.74, 6) is 0.514. The normalized spacial score (nSPS) is 11.0. The highest BCUT2D eigenvalue weighted by Gasteiger charge is 2.21. The van der Waals surface area contributed by atoms with Crippen LogP contribution in [-0.2, 0) is 0 Å². The Morgan fingerprint density at radius 3 is 2.41 bits per heavy atom. The summed E-state index contributed by atoms with van der Waals surface area (Å²) >= 11 is 1.46. The lowest BCUT2D eigenvalue weighted by atomic mass is 10.2. The van der Waals surface area contributed by atoms with Crippen LogP contribution in [0.5, 0.6) is 5.75 Å². The largest absolute Gasteiger partial charge is 0.494 e. The summed E-state index contributed by atoms with van der Waals surface area (Å²) in [6, 6.07) is 17.1. The lowest BCUT2D eigenvalue weighted by Gasteiger charge is -2.09. The Hall–Kier alpha value is -3.39. The highest BCUT2D eigenvalue weighted by Crippen LogP contribution is 2.29. The number of rotatable bonds is 6. The topological polar surface area (TPSA) is 95.9 Å². The van der Waals surface area contributed by atoms with Crippen molar-refractivity contribution >= 4 is 28.8 Å². The van der Waals surface area contributed by atoms with E-state index in [1.54, 1.807) is 0 Å². The van der Waals surface area contributed by atoms with E-state index >= 15 is 0 Å². The van der Waals surface area contributed by atoms with E-state index in [0.717, 1.165) is 17.0 Å². The Balaban J connectivity index is 1.96. The van der Waals surface area contributed by atoms with Crippen LogP contribution in [0.15, 0.2) is 59.8 Å². The number of hydrogen-bond acceptors (Lipinski definition) is 6. The zero-order valence-electron chi connectivity index (χ0n) is 16.0. The molecule has 7 nitrogen and oxygen atoms in total. The van der Waals surface area contributed by atoms with Crippen LogP contribution in [-0.4, -0.2) is 38.3 Å². The van der Waals surface area contributed by atoms with Gasteiger partial charge in [0.2, 0.25) is 0 Å². The van der Waals surface area contributed by atoms with Crippen LogP contribution in [0.3, 0.4) is 0 Å². The highest BCUT2D eigenvalue weighted by atomic mass is 32.2. The number of para-hydroxylation sites is 1. The van der Waals surface area contributed by atoms with E-state index in [-0.39, 0.29) is 5.69 Å². The number of benzene rings is 2. The molecule has 2 heterocycles. The highest BCUT2D eigenvalue weighted by molar-refractivity contribution is 7.98. The average Bonchev–Trinajstić information content (AvgIpc) is 3.13. The smallest absolute Gasteiger partial charge is 0.269 e. The molecule has 29 heavy (non-hydrogen) atoms. The van der Waals surface area contributed by atoms with Crippen LogP contribution < -0.4 is 10.5 Å². The molecule has 2 aromatic heterocycles. The van der Waals surface area contributed by atoms with E-state index < -0.39 is 5.91 Å². The number of carbonyl (C=O) groups is 1. The number of carbonyl (C=O) groups excluding carboxylic acids is 1. The molecule has 2 aromatic carbocycles. The molecule has 0 saturated carbocycles. The molecule has 0 spiro atoms. The zero-order valence-corrected chi connectivity index (χ0v) is 16.8. The minimum atomic E-state index is -0.644. The van der Waals surface area contributed by atoms with Crippen molar-refractivity contribution in [1.82, 2.24) is 19.5 Å². The molecule has 0 fully saturated rings. The molecule has 0 radical (unpaired) electrons. The van der Waals surface area contributed by atoms with Gasteiger partial charge in [-0.05, 0) is 49.6 Å². The second kappa shape index (κ2) is 7.92. The molecule has 4 rings (SSSR count). The molecular weight excluding hydrogens is 386 g/mol. The maximum atomic E-state index is 12.1. The molecule has 2 N–H and O–H groups in total. The number of nitrogens with zero attached hydrogens (tertiary/aromatic N) is 4. The van der Waals surface area contributed by atoms with Crippen LogP contribution in [0.2, 0.25) is 0 Å². The standard InChI is InChI=1S/C21H19N5O2S/c1-3-28-15-11-9-13(10-12-15)19-23-16(18(22)27)17-20(25-19)26(21(24-17)29-2)14-7-5-4-6-8-14/h4-12H,3H2,1-2H3,(H2,22,27). The van der Waals surface area contributed by atoms with Gasteiger partial charge in [-0.3, -0.25) is 9.36 Å². The van der Waals surface area contributed by atoms with Gasteiger partial charge in [-0.25, -0.2) is 15.0 Å². The third-order valence-corrected chi connectivity index (χ3v) is 4.97. The summed E-state index contributed by atoms with van der Waals surface area (Å²) < 4.78 is 7.40.